The average molecular weight is 190 g/mol. The van der Waals surface area contributed by atoms with E-state index in [-0.39, 0.29) is 1.43 Å². The molecule has 1 atom stereocenters. The fourth-order valence-corrected chi connectivity index (χ4v) is 1.28. The molecular formula is C11H30N2. The van der Waals surface area contributed by atoms with Crippen LogP contribution in [0.4, 0.5) is 0 Å². The molecule has 0 radical (unpaired) electrons. The molecule has 0 aromatic rings. The first kappa shape index (κ1) is 15.4. The number of rotatable bonds is 1. The van der Waals surface area contributed by atoms with Crippen molar-refractivity contribution in [2.24, 2.45) is 5.73 Å². The number of hydrogen-bond acceptors (Lipinski definition) is 2. The molecule has 2 nitrogen and oxygen atoms in total. The van der Waals surface area contributed by atoms with Crippen molar-refractivity contribution in [1.29, 1.82) is 0 Å². The third-order valence-electron chi connectivity index (χ3n) is 1.99. The molecule has 1 rings (SSSR count). The van der Waals surface area contributed by atoms with Gasteiger partial charge in [-0.1, -0.05) is 27.7 Å². The first-order valence-corrected chi connectivity index (χ1v) is 5.70. The Morgan fingerprint density at radius 3 is 1.85 bits per heavy atom. The molecule has 1 saturated heterocycles. The Balaban J connectivity index is -0.000000216. The molecule has 13 heavy (non-hydrogen) atoms. The number of nitrogens with two attached hydrogens (primary N) is 1. The largest absolute Gasteiger partial charge is 0.326 e. The molecule has 1 aliphatic heterocycles. The summed E-state index contributed by atoms with van der Waals surface area (Å²) < 4.78 is 0. The van der Waals surface area contributed by atoms with Gasteiger partial charge < -0.3 is 5.73 Å². The Bertz CT molecular complexity index is 97.3. The minimum atomic E-state index is 0. The molecule has 0 unspecified atom stereocenters. The van der Waals surface area contributed by atoms with Gasteiger partial charge in [-0.05, 0) is 26.8 Å². The molecule has 2 N–H and O–H groups in total. The number of likely N-dealkylation sites (tertiary alicyclic amines) is 1. The van der Waals surface area contributed by atoms with E-state index in [1.54, 1.807) is 0 Å². The van der Waals surface area contributed by atoms with Gasteiger partial charge in [-0.3, -0.25) is 4.90 Å². The summed E-state index contributed by atoms with van der Waals surface area (Å²) in [4.78, 5) is 2.42. The van der Waals surface area contributed by atoms with Crippen molar-refractivity contribution < 1.29 is 1.43 Å². The maximum Gasteiger partial charge on any atom is 0.0180 e. The van der Waals surface area contributed by atoms with Crippen molar-refractivity contribution in [3.05, 3.63) is 0 Å². The Morgan fingerprint density at radius 1 is 1.23 bits per heavy atom. The molecule has 0 amide bonds. The van der Waals surface area contributed by atoms with Crippen LogP contribution in [0.5, 0.6) is 0 Å². The number of hydrogen-bond donors (Lipinski definition) is 1. The van der Waals surface area contributed by atoms with Crippen LogP contribution in [0, 0.1) is 0 Å². The second-order valence-electron chi connectivity index (χ2n) is 3.14. The summed E-state index contributed by atoms with van der Waals surface area (Å²) in [5, 5.41) is 0. The van der Waals surface area contributed by atoms with Crippen LogP contribution in [-0.4, -0.2) is 30.1 Å². The lowest BCUT2D eigenvalue weighted by Gasteiger charge is -2.19. The predicted molar refractivity (Wildman–Crippen MR) is 64.1 cm³/mol. The molecule has 0 saturated carbocycles. The van der Waals surface area contributed by atoms with Crippen LogP contribution in [-0.2, 0) is 0 Å². The lowest BCUT2D eigenvalue weighted by molar-refractivity contribution is 0.272. The molecule has 0 aromatic carbocycles. The van der Waals surface area contributed by atoms with E-state index >= 15 is 0 Å². The SMILES string of the molecule is CC.CC.CC(C)N1CC[C@@H](N)C1.[HH]. The maximum absolute atomic E-state index is 5.72. The van der Waals surface area contributed by atoms with Gasteiger partial charge in [-0.25, -0.2) is 0 Å². The molecule has 0 aromatic heterocycles. The Kier molecular flexibility index (Phi) is 11.8. The van der Waals surface area contributed by atoms with Crippen molar-refractivity contribution in [2.75, 3.05) is 13.1 Å². The smallest absolute Gasteiger partial charge is 0.0180 e. The van der Waals surface area contributed by atoms with Gasteiger partial charge in [-0.15, -0.1) is 0 Å². The highest BCUT2D eigenvalue weighted by atomic mass is 15.2. The normalized spacial score (nSPS) is 21.7. The zero-order chi connectivity index (χ0) is 10.9. The second kappa shape index (κ2) is 10.0. The fourth-order valence-electron chi connectivity index (χ4n) is 1.28. The highest BCUT2D eigenvalue weighted by molar-refractivity contribution is 4.79. The average Bonchev–Trinajstić information content (AvgIpc) is 2.59. The van der Waals surface area contributed by atoms with E-state index in [0.29, 0.717) is 12.1 Å². The minimum Gasteiger partial charge on any atom is -0.326 e. The van der Waals surface area contributed by atoms with Crippen LogP contribution in [0.15, 0.2) is 0 Å². The second-order valence-corrected chi connectivity index (χ2v) is 3.14. The molecule has 0 aliphatic carbocycles. The monoisotopic (exact) mass is 190 g/mol. The number of nitrogens with zero attached hydrogens (tertiary/aromatic N) is 1. The Labute approximate surface area is 86.0 Å². The van der Waals surface area contributed by atoms with Crippen molar-refractivity contribution in [3.8, 4) is 0 Å². The molecule has 1 fully saturated rings. The Hall–Kier alpha value is -0.0800. The van der Waals surface area contributed by atoms with E-state index in [0.717, 1.165) is 6.54 Å². The molecule has 84 valence electrons. The topological polar surface area (TPSA) is 29.3 Å². The Morgan fingerprint density at radius 2 is 1.69 bits per heavy atom. The summed E-state index contributed by atoms with van der Waals surface area (Å²) in [5.74, 6) is 0. The highest BCUT2D eigenvalue weighted by Crippen LogP contribution is 2.09. The molecule has 2 heteroatoms. The van der Waals surface area contributed by atoms with Gasteiger partial charge in [0.25, 0.3) is 0 Å². The van der Waals surface area contributed by atoms with E-state index in [1.807, 2.05) is 27.7 Å². The van der Waals surface area contributed by atoms with E-state index in [9.17, 15) is 0 Å². The molecule has 1 aliphatic rings. The van der Waals surface area contributed by atoms with Gasteiger partial charge in [0.1, 0.15) is 0 Å². The van der Waals surface area contributed by atoms with Crippen LogP contribution in [0.3, 0.4) is 0 Å². The molecule has 1 heterocycles. The maximum atomic E-state index is 5.72. The summed E-state index contributed by atoms with van der Waals surface area (Å²) in [7, 11) is 0. The summed E-state index contributed by atoms with van der Waals surface area (Å²) >= 11 is 0. The third-order valence-corrected chi connectivity index (χ3v) is 1.99. The van der Waals surface area contributed by atoms with Gasteiger partial charge in [0, 0.05) is 20.1 Å². The van der Waals surface area contributed by atoms with E-state index in [2.05, 4.69) is 18.7 Å². The van der Waals surface area contributed by atoms with Gasteiger partial charge >= 0.3 is 0 Å². The standard InChI is InChI=1S/C7H16N2.2C2H6.H2/c1-6(2)9-4-3-7(8)5-9;2*1-2;/h6-7H,3-5,8H2,1-2H3;2*1-2H3;1H/t7-;;;/m1.../s1. The minimum absolute atomic E-state index is 0. The van der Waals surface area contributed by atoms with Crippen molar-refractivity contribution in [1.82, 2.24) is 4.90 Å². The van der Waals surface area contributed by atoms with Gasteiger partial charge in [-0.2, -0.15) is 0 Å². The van der Waals surface area contributed by atoms with Gasteiger partial charge in [0.05, 0.1) is 0 Å². The quantitative estimate of drug-likeness (QED) is 0.689. The molecule has 0 spiro atoms. The van der Waals surface area contributed by atoms with Crippen molar-refractivity contribution >= 4 is 0 Å². The fraction of sp³-hybridized carbons (Fsp3) is 1.00. The first-order chi connectivity index (χ1) is 6.20. The highest BCUT2D eigenvalue weighted by Gasteiger charge is 2.20. The predicted octanol–water partition coefficient (Wildman–Crippen LogP) is 2.73. The third kappa shape index (κ3) is 7.03. The zero-order valence-electron chi connectivity index (χ0n) is 10.3. The first-order valence-electron chi connectivity index (χ1n) is 5.70. The van der Waals surface area contributed by atoms with Crippen molar-refractivity contribution in [2.45, 2.75) is 60.0 Å². The summed E-state index contributed by atoms with van der Waals surface area (Å²) in [5.41, 5.74) is 5.72. The van der Waals surface area contributed by atoms with Gasteiger partial charge in [0.2, 0.25) is 0 Å². The van der Waals surface area contributed by atoms with Gasteiger partial charge in [0.15, 0.2) is 0 Å². The van der Waals surface area contributed by atoms with E-state index in [4.69, 9.17) is 5.73 Å². The van der Waals surface area contributed by atoms with Crippen molar-refractivity contribution in [3.63, 3.8) is 0 Å². The van der Waals surface area contributed by atoms with Crippen LogP contribution >= 0.6 is 0 Å². The lowest BCUT2D eigenvalue weighted by atomic mass is 10.3. The van der Waals surface area contributed by atoms with Crippen LogP contribution in [0.1, 0.15) is 49.4 Å². The lowest BCUT2D eigenvalue weighted by Crippen LogP contribution is -2.31. The molecule has 0 bridgehead atoms. The summed E-state index contributed by atoms with van der Waals surface area (Å²) in [6.07, 6.45) is 1.18. The summed E-state index contributed by atoms with van der Waals surface area (Å²) in [6.45, 7) is 14.7. The van der Waals surface area contributed by atoms with Crippen LogP contribution in [0.25, 0.3) is 0 Å². The zero-order valence-corrected chi connectivity index (χ0v) is 10.3. The van der Waals surface area contributed by atoms with E-state index in [1.165, 1.54) is 13.0 Å². The van der Waals surface area contributed by atoms with Crippen LogP contribution in [0.2, 0.25) is 0 Å². The van der Waals surface area contributed by atoms with Crippen LogP contribution < -0.4 is 5.73 Å². The summed E-state index contributed by atoms with van der Waals surface area (Å²) in [6, 6.07) is 1.12. The van der Waals surface area contributed by atoms with E-state index < -0.39 is 0 Å². The molecular weight excluding hydrogens is 160 g/mol.